The highest BCUT2D eigenvalue weighted by atomic mass is 16.3. The Labute approximate surface area is 294 Å². The molecule has 0 saturated carbocycles. The van der Waals surface area contributed by atoms with Crippen LogP contribution < -0.4 is 0 Å². The third-order valence-corrected chi connectivity index (χ3v) is 9.19. The average Bonchev–Trinajstić information content (AvgIpc) is 3.60. The summed E-state index contributed by atoms with van der Waals surface area (Å²) in [6, 6.07) is 59.2. The van der Waals surface area contributed by atoms with Crippen LogP contribution in [-0.2, 0) is 0 Å². The number of nitriles is 1. The van der Waals surface area contributed by atoms with E-state index in [4.69, 9.17) is 19.4 Å². The van der Waals surface area contributed by atoms with Crippen LogP contribution in [0.4, 0.5) is 0 Å². The molecule has 7 aromatic carbocycles. The predicted molar refractivity (Wildman–Crippen MR) is 204 cm³/mol. The van der Waals surface area contributed by atoms with Gasteiger partial charge in [0.1, 0.15) is 11.2 Å². The Morgan fingerprint density at radius 1 is 0.392 bits per heavy atom. The van der Waals surface area contributed by atoms with Crippen molar-refractivity contribution in [2.45, 2.75) is 0 Å². The van der Waals surface area contributed by atoms with Crippen molar-refractivity contribution in [3.63, 3.8) is 0 Å². The molecule has 0 aliphatic carbocycles. The van der Waals surface area contributed by atoms with Crippen LogP contribution in [0.3, 0.4) is 0 Å². The van der Waals surface area contributed by atoms with Gasteiger partial charge in [0, 0.05) is 27.5 Å². The minimum atomic E-state index is 0.550. The molecule has 0 atom stereocenters. The van der Waals surface area contributed by atoms with Gasteiger partial charge in [0.25, 0.3) is 0 Å². The summed E-state index contributed by atoms with van der Waals surface area (Å²) in [5.74, 6) is 1.68. The van der Waals surface area contributed by atoms with Gasteiger partial charge in [-0.3, -0.25) is 0 Å². The minimum absolute atomic E-state index is 0.550. The number of hydrogen-bond donors (Lipinski definition) is 0. The lowest BCUT2D eigenvalue weighted by Crippen LogP contribution is -2.00. The van der Waals surface area contributed by atoms with Crippen LogP contribution in [0.5, 0.6) is 0 Å². The van der Waals surface area contributed by atoms with Gasteiger partial charge in [0.2, 0.25) is 0 Å². The normalized spacial score (nSPS) is 11.1. The highest BCUT2D eigenvalue weighted by Crippen LogP contribution is 2.38. The smallest absolute Gasteiger partial charge is 0.164 e. The van der Waals surface area contributed by atoms with Gasteiger partial charge in [-0.1, -0.05) is 140 Å². The highest BCUT2D eigenvalue weighted by molar-refractivity contribution is 6.13. The second kappa shape index (κ2) is 12.7. The fourth-order valence-corrected chi connectivity index (χ4v) is 6.70. The maximum atomic E-state index is 10.1. The number of aromatic nitrogens is 3. The van der Waals surface area contributed by atoms with Crippen molar-refractivity contribution in [1.29, 1.82) is 5.26 Å². The molecule has 51 heavy (non-hydrogen) atoms. The fourth-order valence-electron chi connectivity index (χ4n) is 6.70. The van der Waals surface area contributed by atoms with E-state index in [0.29, 0.717) is 23.0 Å². The highest BCUT2D eigenvalue weighted by Gasteiger charge is 2.17. The second-order valence-corrected chi connectivity index (χ2v) is 12.3. The van der Waals surface area contributed by atoms with E-state index < -0.39 is 0 Å². The molecule has 0 unspecified atom stereocenters. The fraction of sp³-hybridized carbons (Fsp3) is 0. The van der Waals surface area contributed by atoms with Gasteiger partial charge in [-0.15, -0.1) is 0 Å². The van der Waals surface area contributed by atoms with E-state index in [2.05, 4.69) is 60.7 Å². The summed E-state index contributed by atoms with van der Waals surface area (Å²) < 4.78 is 6.43. The Bertz CT molecular complexity index is 2750. The van der Waals surface area contributed by atoms with Crippen molar-refractivity contribution in [2.75, 3.05) is 0 Å². The lowest BCUT2D eigenvalue weighted by molar-refractivity contribution is 0.669. The topological polar surface area (TPSA) is 75.6 Å². The average molecular weight is 653 g/mol. The van der Waals surface area contributed by atoms with Crippen molar-refractivity contribution in [2.24, 2.45) is 0 Å². The van der Waals surface area contributed by atoms with Crippen LogP contribution >= 0.6 is 0 Å². The van der Waals surface area contributed by atoms with Crippen LogP contribution in [-0.4, -0.2) is 15.0 Å². The SMILES string of the molecule is N#Cc1cc(-c2cccc(-c3nc(-c4ccccc4)nc(-c4ccc5c(c4)oc4cccc(-c6ccccc6)c45)n3)c2)ccc1-c1ccccc1. The standard InChI is InChI=1S/C46H28N4O/c47-29-37-27-34(22-24-38(37)30-12-4-1-5-13-30)33-18-10-19-35(26-33)45-48-44(32-16-8-3-9-17-32)49-46(50-45)36-23-25-40-42(28-36)51-41-21-11-20-39(43(40)41)31-14-6-2-7-15-31/h1-28H. The summed E-state index contributed by atoms with van der Waals surface area (Å²) in [7, 11) is 0. The van der Waals surface area contributed by atoms with E-state index >= 15 is 0 Å². The zero-order chi connectivity index (χ0) is 34.1. The summed E-state index contributed by atoms with van der Waals surface area (Å²) in [5.41, 5.74) is 10.9. The molecule has 5 heteroatoms. The first-order valence-corrected chi connectivity index (χ1v) is 16.7. The number of nitrogens with zero attached hydrogens (tertiary/aromatic N) is 4. The lowest BCUT2D eigenvalue weighted by Gasteiger charge is -2.11. The van der Waals surface area contributed by atoms with E-state index in [1.165, 1.54) is 0 Å². The Hall–Kier alpha value is -7.16. The largest absolute Gasteiger partial charge is 0.456 e. The summed E-state index contributed by atoms with van der Waals surface area (Å²) >= 11 is 0. The van der Waals surface area contributed by atoms with Crippen molar-refractivity contribution < 1.29 is 4.42 Å². The van der Waals surface area contributed by atoms with E-state index in [-0.39, 0.29) is 0 Å². The van der Waals surface area contributed by atoms with Gasteiger partial charge in [-0.2, -0.15) is 5.26 Å². The van der Waals surface area contributed by atoms with Crippen molar-refractivity contribution in [3.05, 3.63) is 175 Å². The first kappa shape index (κ1) is 29.9. The molecule has 0 aliphatic heterocycles. The molecule has 2 heterocycles. The minimum Gasteiger partial charge on any atom is -0.456 e. The molecular formula is C46H28N4O. The molecule has 9 rings (SSSR count). The van der Waals surface area contributed by atoms with E-state index in [1.807, 2.05) is 115 Å². The van der Waals surface area contributed by atoms with Gasteiger partial charge >= 0.3 is 0 Å². The van der Waals surface area contributed by atoms with Crippen LogP contribution in [0, 0.1) is 11.3 Å². The van der Waals surface area contributed by atoms with Gasteiger partial charge < -0.3 is 4.42 Å². The number of rotatable bonds is 6. The molecule has 0 N–H and O–H groups in total. The lowest BCUT2D eigenvalue weighted by atomic mass is 9.95. The van der Waals surface area contributed by atoms with E-state index in [9.17, 15) is 5.26 Å². The van der Waals surface area contributed by atoms with Crippen LogP contribution in [0.1, 0.15) is 5.56 Å². The zero-order valence-electron chi connectivity index (χ0n) is 27.4. The van der Waals surface area contributed by atoms with Crippen molar-refractivity contribution in [1.82, 2.24) is 15.0 Å². The molecule has 2 aromatic heterocycles. The first-order chi connectivity index (χ1) is 25.2. The Morgan fingerprint density at radius 2 is 0.922 bits per heavy atom. The van der Waals surface area contributed by atoms with Crippen LogP contribution in [0.2, 0.25) is 0 Å². The third-order valence-electron chi connectivity index (χ3n) is 9.19. The van der Waals surface area contributed by atoms with Crippen LogP contribution in [0.25, 0.3) is 89.5 Å². The van der Waals surface area contributed by atoms with Crippen molar-refractivity contribution >= 4 is 21.9 Å². The molecule has 0 saturated heterocycles. The Morgan fingerprint density at radius 3 is 1.61 bits per heavy atom. The summed E-state index contributed by atoms with van der Waals surface area (Å²) in [6.45, 7) is 0. The maximum Gasteiger partial charge on any atom is 0.164 e. The molecule has 0 fully saturated rings. The summed E-state index contributed by atoms with van der Waals surface area (Å²) in [6.07, 6.45) is 0. The van der Waals surface area contributed by atoms with Gasteiger partial charge in [-0.05, 0) is 63.7 Å². The molecule has 0 bridgehead atoms. The van der Waals surface area contributed by atoms with E-state index in [0.717, 1.165) is 72.0 Å². The maximum absolute atomic E-state index is 10.1. The molecule has 0 amide bonds. The summed E-state index contributed by atoms with van der Waals surface area (Å²) in [4.78, 5) is 15.0. The van der Waals surface area contributed by atoms with E-state index in [1.54, 1.807) is 0 Å². The number of furan rings is 1. The Balaban J connectivity index is 1.15. The Kier molecular flexibility index (Phi) is 7.46. The van der Waals surface area contributed by atoms with Gasteiger partial charge in [-0.25, -0.2) is 15.0 Å². The number of fused-ring (bicyclic) bond motifs is 3. The molecule has 0 radical (unpaired) electrons. The molecule has 9 aromatic rings. The molecule has 238 valence electrons. The number of hydrogen-bond acceptors (Lipinski definition) is 5. The third kappa shape index (κ3) is 5.61. The monoisotopic (exact) mass is 652 g/mol. The quantitative estimate of drug-likeness (QED) is 0.179. The van der Waals surface area contributed by atoms with Gasteiger partial charge in [0.05, 0.1) is 11.6 Å². The zero-order valence-corrected chi connectivity index (χ0v) is 27.4. The van der Waals surface area contributed by atoms with Crippen molar-refractivity contribution in [3.8, 4) is 73.6 Å². The van der Waals surface area contributed by atoms with Gasteiger partial charge in [0.15, 0.2) is 17.5 Å². The second-order valence-electron chi connectivity index (χ2n) is 12.3. The molecular weight excluding hydrogens is 625 g/mol. The molecule has 5 nitrogen and oxygen atoms in total. The first-order valence-electron chi connectivity index (χ1n) is 16.7. The summed E-state index contributed by atoms with van der Waals surface area (Å²) in [5, 5.41) is 12.2. The predicted octanol–water partition coefficient (Wildman–Crippen LogP) is 11.6. The number of benzene rings is 7. The molecule has 0 spiro atoms. The van der Waals surface area contributed by atoms with Crippen LogP contribution in [0.15, 0.2) is 174 Å². The molecule has 0 aliphatic rings.